The quantitative estimate of drug-likeness (QED) is 0.709. The highest BCUT2D eigenvalue weighted by Gasteiger charge is 2.33. The molecular formula is C15H17NO2. The van der Waals surface area contributed by atoms with Crippen molar-refractivity contribution < 1.29 is 9.53 Å². The summed E-state index contributed by atoms with van der Waals surface area (Å²) in [6, 6.07) is 9.60. The number of amides is 1. The summed E-state index contributed by atoms with van der Waals surface area (Å²) in [6.45, 7) is 0.798. The van der Waals surface area contributed by atoms with Gasteiger partial charge in [0.05, 0.1) is 0 Å². The Hall–Kier alpha value is -1.77. The van der Waals surface area contributed by atoms with E-state index in [1.165, 1.54) is 6.42 Å². The fourth-order valence-corrected chi connectivity index (χ4v) is 2.76. The molecule has 2 unspecified atom stereocenters. The summed E-state index contributed by atoms with van der Waals surface area (Å²) in [5.41, 5.74) is 0. The Kier molecular flexibility index (Phi) is 3.05. The van der Waals surface area contributed by atoms with Crippen LogP contribution in [0.3, 0.4) is 0 Å². The monoisotopic (exact) mass is 243 g/mol. The van der Waals surface area contributed by atoms with Crippen molar-refractivity contribution in [3.63, 3.8) is 0 Å². The molecule has 94 valence electrons. The van der Waals surface area contributed by atoms with Crippen LogP contribution in [0.15, 0.2) is 42.5 Å². The first-order valence-electron chi connectivity index (χ1n) is 6.53. The van der Waals surface area contributed by atoms with Gasteiger partial charge in [0.2, 0.25) is 0 Å². The van der Waals surface area contributed by atoms with E-state index in [1.54, 1.807) is 0 Å². The Bertz CT molecular complexity index is 455. The maximum absolute atomic E-state index is 12.2. The van der Waals surface area contributed by atoms with Crippen molar-refractivity contribution in [3.05, 3.63) is 42.5 Å². The van der Waals surface area contributed by atoms with E-state index in [2.05, 4.69) is 12.2 Å². The van der Waals surface area contributed by atoms with Crippen molar-refractivity contribution in [2.24, 2.45) is 5.92 Å². The van der Waals surface area contributed by atoms with E-state index < -0.39 is 0 Å². The van der Waals surface area contributed by atoms with Gasteiger partial charge in [0.15, 0.2) is 0 Å². The Balaban J connectivity index is 1.70. The summed E-state index contributed by atoms with van der Waals surface area (Å²) in [6.07, 6.45) is 7.48. The number of nitrogens with zero attached hydrogens (tertiary/aromatic N) is 1. The summed E-state index contributed by atoms with van der Waals surface area (Å²) < 4.78 is 5.42. The molecule has 0 aromatic heterocycles. The largest absolute Gasteiger partial charge is 0.415 e. The summed E-state index contributed by atoms with van der Waals surface area (Å²) in [7, 11) is 0. The van der Waals surface area contributed by atoms with E-state index in [4.69, 9.17) is 4.74 Å². The second-order valence-corrected chi connectivity index (χ2v) is 4.99. The standard InChI is InChI=1S/C15H17NO2/c17-15(18-14-7-2-1-3-8-14)16-11-12-5-4-6-13(16)10-9-12/h1-5,7-8,12-13H,6,9-11H2. The third kappa shape index (κ3) is 2.26. The van der Waals surface area contributed by atoms with Gasteiger partial charge >= 0.3 is 6.09 Å². The van der Waals surface area contributed by atoms with E-state index >= 15 is 0 Å². The Morgan fingerprint density at radius 3 is 2.89 bits per heavy atom. The molecule has 1 amide bonds. The molecular weight excluding hydrogens is 226 g/mol. The van der Waals surface area contributed by atoms with Crippen LogP contribution in [0, 0.1) is 5.92 Å². The van der Waals surface area contributed by atoms with Gasteiger partial charge in [-0.2, -0.15) is 0 Å². The lowest BCUT2D eigenvalue weighted by Gasteiger charge is -2.35. The van der Waals surface area contributed by atoms with E-state index in [1.807, 2.05) is 35.2 Å². The smallest absolute Gasteiger partial charge is 0.410 e. The third-order valence-corrected chi connectivity index (χ3v) is 3.74. The van der Waals surface area contributed by atoms with E-state index in [-0.39, 0.29) is 6.09 Å². The maximum atomic E-state index is 12.2. The minimum absolute atomic E-state index is 0.209. The second kappa shape index (κ2) is 4.84. The molecule has 18 heavy (non-hydrogen) atoms. The van der Waals surface area contributed by atoms with E-state index in [0.717, 1.165) is 19.4 Å². The maximum Gasteiger partial charge on any atom is 0.415 e. The first-order chi connectivity index (χ1) is 8.83. The molecule has 1 fully saturated rings. The molecule has 2 atom stereocenters. The fourth-order valence-electron chi connectivity index (χ4n) is 2.76. The van der Waals surface area contributed by atoms with Crippen LogP contribution < -0.4 is 4.74 Å². The van der Waals surface area contributed by atoms with E-state index in [0.29, 0.717) is 17.7 Å². The molecule has 3 aliphatic rings. The van der Waals surface area contributed by atoms with Crippen molar-refractivity contribution in [2.45, 2.75) is 25.3 Å². The molecule has 3 heteroatoms. The topological polar surface area (TPSA) is 29.5 Å². The van der Waals surface area contributed by atoms with Gasteiger partial charge in [-0.1, -0.05) is 30.4 Å². The zero-order chi connectivity index (χ0) is 12.4. The highest BCUT2D eigenvalue weighted by atomic mass is 16.6. The van der Waals surface area contributed by atoms with Crippen LogP contribution in [0.25, 0.3) is 0 Å². The Labute approximate surface area is 107 Å². The molecule has 2 aliphatic heterocycles. The average molecular weight is 243 g/mol. The summed E-state index contributed by atoms with van der Waals surface area (Å²) in [4.78, 5) is 14.1. The lowest BCUT2D eigenvalue weighted by molar-refractivity contribution is 0.105. The Morgan fingerprint density at radius 1 is 1.22 bits per heavy atom. The van der Waals surface area contributed by atoms with E-state index in [9.17, 15) is 4.79 Å². The third-order valence-electron chi connectivity index (χ3n) is 3.74. The van der Waals surface area contributed by atoms with Crippen molar-refractivity contribution in [2.75, 3.05) is 6.54 Å². The Morgan fingerprint density at radius 2 is 2.06 bits per heavy atom. The molecule has 0 saturated carbocycles. The normalized spacial score (nSPS) is 25.9. The molecule has 2 heterocycles. The molecule has 3 nitrogen and oxygen atoms in total. The molecule has 1 saturated heterocycles. The second-order valence-electron chi connectivity index (χ2n) is 4.99. The number of benzene rings is 1. The highest BCUT2D eigenvalue weighted by Crippen LogP contribution is 2.29. The van der Waals surface area contributed by atoms with Crippen LogP contribution in [-0.2, 0) is 0 Å². The van der Waals surface area contributed by atoms with Gasteiger partial charge in [-0.3, -0.25) is 0 Å². The first-order valence-corrected chi connectivity index (χ1v) is 6.53. The van der Waals surface area contributed by atoms with Crippen molar-refractivity contribution in [1.82, 2.24) is 4.90 Å². The number of ether oxygens (including phenoxy) is 1. The van der Waals surface area contributed by atoms with Crippen molar-refractivity contribution >= 4 is 6.09 Å². The number of hydrogen-bond donors (Lipinski definition) is 0. The number of para-hydroxylation sites is 1. The number of piperidine rings is 1. The molecule has 0 N–H and O–H groups in total. The molecule has 2 bridgehead atoms. The van der Waals surface area contributed by atoms with Gasteiger partial charge in [-0.15, -0.1) is 0 Å². The van der Waals surface area contributed by atoms with Crippen LogP contribution in [0.4, 0.5) is 4.79 Å². The predicted octanol–water partition coefficient (Wildman–Crippen LogP) is 3.23. The van der Waals surface area contributed by atoms with Gasteiger partial charge in [-0.05, 0) is 37.3 Å². The highest BCUT2D eigenvalue weighted by molar-refractivity contribution is 5.71. The first kappa shape index (κ1) is 11.3. The molecule has 1 aromatic rings. The predicted molar refractivity (Wildman–Crippen MR) is 69.4 cm³/mol. The fraction of sp³-hybridized carbons (Fsp3) is 0.400. The van der Waals surface area contributed by atoms with Crippen molar-refractivity contribution in [3.8, 4) is 5.75 Å². The van der Waals surface area contributed by atoms with Gasteiger partial charge < -0.3 is 9.64 Å². The van der Waals surface area contributed by atoms with Crippen LogP contribution in [0.2, 0.25) is 0 Å². The van der Waals surface area contributed by atoms with Gasteiger partial charge in [0.1, 0.15) is 5.75 Å². The van der Waals surface area contributed by atoms with Gasteiger partial charge in [0.25, 0.3) is 0 Å². The zero-order valence-corrected chi connectivity index (χ0v) is 10.3. The van der Waals surface area contributed by atoms with Crippen LogP contribution in [0.1, 0.15) is 19.3 Å². The molecule has 1 aliphatic carbocycles. The summed E-state index contributed by atoms with van der Waals surface area (Å²) >= 11 is 0. The minimum Gasteiger partial charge on any atom is -0.410 e. The average Bonchev–Trinajstić information content (AvgIpc) is 2.75. The number of fused-ring (bicyclic) bond motifs is 3. The molecule has 1 aromatic carbocycles. The lowest BCUT2D eigenvalue weighted by atomic mass is 9.95. The number of rotatable bonds is 1. The zero-order valence-electron chi connectivity index (χ0n) is 10.3. The lowest BCUT2D eigenvalue weighted by Crippen LogP contribution is -2.46. The van der Waals surface area contributed by atoms with Gasteiger partial charge in [0, 0.05) is 12.6 Å². The molecule has 0 radical (unpaired) electrons. The van der Waals surface area contributed by atoms with Crippen LogP contribution in [-0.4, -0.2) is 23.6 Å². The number of carbonyl (C=O) groups excluding carboxylic acids is 1. The number of carbonyl (C=O) groups is 1. The molecule has 4 rings (SSSR count). The van der Waals surface area contributed by atoms with Crippen LogP contribution >= 0.6 is 0 Å². The molecule has 0 spiro atoms. The van der Waals surface area contributed by atoms with Crippen LogP contribution in [0.5, 0.6) is 5.75 Å². The minimum atomic E-state index is -0.209. The SMILES string of the molecule is O=C(Oc1ccccc1)N1CC2C=CCC1CC2. The number of hydrogen-bond acceptors (Lipinski definition) is 2. The van der Waals surface area contributed by atoms with Crippen molar-refractivity contribution in [1.29, 1.82) is 0 Å². The summed E-state index contributed by atoms with van der Waals surface area (Å²) in [5.74, 6) is 1.13. The van der Waals surface area contributed by atoms with Gasteiger partial charge in [-0.25, -0.2) is 4.79 Å². The summed E-state index contributed by atoms with van der Waals surface area (Å²) in [5, 5.41) is 0.